The van der Waals surface area contributed by atoms with Crippen molar-refractivity contribution >= 4 is 23.3 Å². The average Bonchev–Trinajstić information content (AvgIpc) is 2.56. The highest BCUT2D eigenvalue weighted by molar-refractivity contribution is 6.04. The fourth-order valence-corrected chi connectivity index (χ4v) is 2.06. The van der Waals surface area contributed by atoms with E-state index < -0.39 is 6.04 Å². The third kappa shape index (κ3) is 4.85. The summed E-state index contributed by atoms with van der Waals surface area (Å²) in [5.41, 5.74) is 1.97. The van der Waals surface area contributed by atoms with Crippen molar-refractivity contribution in [2.75, 3.05) is 17.2 Å². The maximum absolute atomic E-state index is 12.1. The monoisotopic (exact) mass is 312 g/mol. The van der Waals surface area contributed by atoms with Crippen LogP contribution in [0.25, 0.3) is 0 Å². The maximum Gasteiger partial charge on any atom is 0.328 e. The van der Waals surface area contributed by atoms with Crippen molar-refractivity contribution in [2.45, 2.75) is 19.9 Å². The van der Waals surface area contributed by atoms with E-state index >= 15 is 0 Å². The zero-order valence-corrected chi connectivity index (χ0v) is 13.2. The number of benzene rings is 2. The second-order valence-electron chi connectivity index (χ2n) is 5.02. The summed E-state index contributed by atoms with van der Waals surface area (Å²) in [5, 5.41) is 5.89. The van der Waals surface area contributed by atoms with Crippen molar-refractivity contribution in [2.24, 2.45) is 0 Å². The molecule has 0 spiro atoms. The highest BCUT2D eigenvalue weighted by Crippen LogP contribution is 2.17. The SMILES string of the molecule is CCOC(=O)[C@@H](C)Nc1cccc(NC(=O)c2ccccc2)c1. The summed E-state index contributed by atoms with van der Waals surface area (Å²) in [5.74, 6) is -0.493. The molecule has 0 radical (unpaired) electrons. The number of ether oxygens (including phenoxy) is 1. The standard InChI is InChI=1S/C18H20N2O3/c1-3-23-18(22)13(2)19-15-10-7-11-16(12-15)20-17(21)14-8-5-4-6-9-14/h4-13,19H,3H2,1-2H3,(H,20,21)/t13-/m1/s1. The third-order valence-corrected chi connectivity index (χ3v) is 3.18. The highest BCUT2D eigenvalue weighted by Gasteiger charge is 2.13. The summed E-state index contributed by atoms with van der Waals surface area (Å²) in [4.78, 5) is 23.8. The van der Waals surface area contributed by atoms with Gasteiger partial charge in [0.1, 0.15) is 6.04 Å². The van der Waals surface area contributed by atoms with Crippen LogP contribution < -0.4 is 10.6 Å². The normalized spacial score (nSPS) is 11.4. The molecule has 23 heavy (non-hydrogen) atoms. The van der Waals surface area contributed by atoms with E-state index in [0.29, 0.717) is 17.9 Å². The lowest BCUT2D eigenvalue weighted by Gasteiger charge is -2.15. The van der Waals surface area contributed by atoms with E-state index in [1.807, 2.05) is 24.3 Å². The molecule has 2 aromatic rings. The number of nitrogens with one attached hydrogen (secondary N) is 2. The number of amides is 1. The van der Waals surface area contributed by atoms with Gasteiger partial charge in [0.25, 0.3) is 5.91 Å². The number of hydrogen-bond donors (Lipinski definition) is 2. The van der Waals surface area contributed by atoms with Gasteiger partial charge in [-0.15, -0.1) is 0 Å². The Hall–Kier alpha value is -2.82. The van der Waals surface area contributed by atoms with Gasteiger partial charge < -0.3 is 15.4 Å². The molecule has 120 valence electrons. The van der Waals surface area contributed by atoms with Gasteiger partial charge in [-0.3, -0.25) is 4.79 Å². The first-order valence-corrected chi connectivity index (χ1v) is 7.49. The van der Waals surface area contributed by atoms with Gasteiger partial charge in [0.05, 0.1) is 6.61 Å². The molecule has 2 N–H and O–H groups in total. The number of rotatable bonds is 6. The summed E-state index contributed by atoms with van der Waals surface area (Å²) >= 11 is 0. The van der Waals surface area contributed by atoms with Crippen LogP contribution in [0.1, 0.15) is 24.2 Å². The molecule has 5 heteroatoms. The van der Waals surface area contributed by atoms with E-state index in [0.717, 1.165) is 5.69 Å². The van der Waals surface area contributed by atoms with Crippen LogP contribution >= 0.6 is 0 Å². The third-order valence-electron chi connectivity index (χ3n) is 3.18. The second-order valence-corrected chi connectivity index (χ2v) is 5.02. The summed E-state index contributed by atoms with van der Waals surface area (Å²) in [6.07, 6.45) is 0. The van der Waals surface area contributed by atoms with Gasteiger partial charge in [-0.1, -0.05) is 24.3 Å². The van der Waals surface area contributed by atoms with Gasteiger partial charge in [0.2, 0.25) is 0 Å². The zero-order valence-electron chi connectivity index (χ0n) is 13.2. The molecule has 0 unspecified atom stereocenters. The minimum atomic E-state index is -0.463. The van der Waals surface area contributed by atoms with Gasteiger partial charge in [-0.25, -0.2) is 4.79 Å². The highest BCUT2D eigenvalue weighted by atomic mass is 16.5. The van der Waals surface area contributed by atoms with Crippen molar-refractivity contribution in [3.63, 3.8) is 0 Å². The van der Waals surface area contributed by atoms with Crippen molar-refractivity contribution in [3.8, 4) is 0 Å². The Bertz CT molecular complexity index is 671. The summed E-state index contributed by atoms with van der Waals surface area (Å²) in [6.45, 7) is 3.84. The van der Waals surface area contributed by atoms with Crippen LogP contribution in [0.3, 0.4) is 0 Å². The Morgan fingerprint density at radius 3 is 2.43 bits per heavy atom. The van der Waals surface area contributed by atoms with Crippen LogP contribution in [0.15, 0.2) is 54.6 Å². The van der Waals surface area contributed by atoms with Gasteiger partial charge in [0, 0.05) is 16.9 Å². The van der Waals surface area contributed by atoms with Gasteiger partial charge in [0.15, 0.2) is 0 Å². The molecule has 2 rings (SSSR count). The van der Waals surface area contributed by atoms with Gasteiger partial charge in [-0.05, 0) is 44.2 Å². The van der Waals surface area contributed by atoms with Crippen LogP contribution in [0.5, 0.6) is 0 Å². The molecule has 0 saturated carbocycles. The molecule has 1 amide bonds. The number of esters is 1. The number of carbonyl (C=O) groups is 2. The second kappa shape index (κ2) is 7.98. The number of hydrogen-bond acceptors (Lipinski definition) is 4. The van der Waals surface area contributed by atoms with E-state index in [9.17, 15) is 9.59 Å². The van der Waals surface area contributed by atoms with Crippen LogP contribution in [-0.4, -0.2) is 24.5 Å². The van der Waals surface area contributed by atoms with Crippen molar-refractivity contribution in [1.29, 1.82) is 0 Å². The van der Waals surface area contributed by atoms with Crippen molar-refractivity contribution < 1.29 is 14.3 Å². The molecule has 5 nitrogen and oxygen atoms in total. The van der Waals surface area contributed by atoms with Crippen LogP contribution in [0.2, 0.25) is 0 Å². The van der Waals surface area contributed by atoms with Crippen LogP contribution in [0.4, 0.5) is 11.4 Å². The minimum Gasteiger partial charge on any atom is -0.464 e. The number of anilines is 2. The summed E-state index contributed by atoms with van der Waals surface area (Å²) < 4.78 is 4.96. The smallest absolute Gasteiger partial charge is 0.328 e. The largest absolute Gasteiger partial charge is 0.464 e. The average molecular weight is 312 g/mol. The fraction of sp³-hybridized carbons (Fsp3) is 0.222. The molecular weight excluding hydrogens is 292 g/mol. The molecule has 0 aliphatic heterocycles. The maximum atomic E-state index is 12.1. The predicted molar refractivity (Wildman–Crippen MR) is 90.6 cm³/mol. The number of carbonyl (C=O) groups excluding carboxylic acids is 2. The first kappa shape index (κ1) is 16.5. The van der Waals surface area contributed by atoms with Crippen LogP contribution in [-0.2, 0) is 9.53 Å². The quantitative estimate of drug-likeness (QED) is 0.803. The van der Waals surface area contributed by atoms with E-state index in [2.05, 4.69) is 10.6 Å². The Morgan fingerprint density at radius 2 is 1.74 bits per heavy atom. The van der Waals surface area contributed by atoms with Crippen molar-refractivity contribution in [1.82, 2.24) is 0 Å². The molecular formula is C18H20N2O3. The van der Waals surface area contributed by atoms with E-state index in [-0.39, 0.29) is 11.9 Å². The molecule has 0 aliphatic rings. The zero-order chi connectivity index (χ0) is 16.7. The lowest BCUT2D eigenvalue weighted by molar-refractivity contribution is -0.143. The Balaban J connectivity index is 2.02. The molecule has 0 heterocycles. The molecule has 0 saturated heterocycles. The molecule has 0 aliphatic carbocycles. The predicted octanol–water partition coefficient (Wildman–Crippen LogP) is 3.30. The molecule has 2 aromatic carbocycles. The molecule has 0 bridgehead atoms. The summed E-state index contributed by atoms with van der Waals surface area (Å²) in [7, 11) is 0. The lowest BCUT2D eigenvalue weighted by Crippen LogP contribution is -2.28. The minimum absolute atomic E-state index is 0.179. The first-order valence-electron chi connectivity index (χ1n) is 7.49. The van der Waals surface area contributed by atoms with Crippen molar-refractivity contribution in [3.05, 3.63) is 60.2 Å². The van der Waals surface area contributed by atoms with Gasteiger partial charge in [-0.2, -0.15) is 0 Å². The van der Waals surface area contributed by atoms with E-state index in [4.69, 9.17) is 4.74 Å². The first-order chi connectivity index (χ1) is 11.1. The fourth-order valence-electron chi connectivity index (χ4n) is 2.06. The Kier molecular flexibility index (Phi) is 5.74. The van der Waals surface area contributed by atoms with Gasteiger partial charge >= 0.3 is 5.97 Å². The molecule has 0 aromatic heterocycles. The molecule has 1 atom stereocenters. The van der Waals surface area contributed by atoms with E-state index in [1.54, 1.807) is 44.2 Å². The topological polar surface area (TPSA) is 67.4 Å². The Labute approximate surface area is 135 Å². The molecule has 0 fully saturated rings. The summed E-state index contributed by atoms with van der Waals surface area (Å²) in [6, 6.07) is 15.7. The van der Waals surface area contributed by atoms with E-state index in [1.165, 1.54) is 0 Å². The Morgan fingerprint density at radius 1 is 1.04 bits per heavy atom. The lowest BCUT2D eigenvalue weighted by atomic mass is 10.2. The van der Waals surface area contributed by atoms with Crippen LogP contribution in [0, 0.1) is 0 Å².